The van der Waals surface area contributed by atoms with Gasteiger partial charge in [-0.15, -0.1) is 0 Å². The summed E-state index contributed by atoms with van der Waals surface area (Å²) in [4.78, 5) is 11.2. The van der Waals surface area contributed by atoms with E-state index in [2.05, 4.69) is 5.16 Å². The fourth-order valence-electron chi connectivity index (χ4n) is 2.22. The lowest BCUT2D eigenvalue weighted by Gasteiger charge is -2.04. The van der Waals surface area contributed by atoms with E-state index in [-0.39, 0.29) is 5.57 Å². The van der Waals surface area contributed by atoms with Crippen molar-refractivity contribution in [3.8, 4) is 5.75 Å². The molecule has 0 atom stereocenters. The molecule has 0 heterocycles. The third kappa shape index (κ3) is 4.71. The molecule has 0 spiro atoms. The molecule has 0 aliphatic heterocycles. The number of carboxylic acids is 1. The first kappa shape index (κ1) is 17.3. The summed E-state index contributed by atoms with van der Waals surface area (Å²) in [6.07, 6.45) is 12.0. The second-order valence-corrected chi connectivity index (χ2v) is 5.14. The highest BCUT2D eigenvalue weighted by atomic mass is 16.5. The Labute approximate surface area is 140 Å². The van der Waals surface area contributed by atoms with Crippen LogP contribution in [0.15, 0.2) is 77.0 Å². The minimum atomic E-state index is -0.956. The number of benzene rings is 1. The van der Waals surface area contributed by atoms with Crippen LogP contribution in [0.1, 0.15) is 18.4 Å². The number of ether oxygens (including phenoxy) is 1. The van der Waals surface area contributed by atoms with Crippen molar-refractivity contribution in [2.45, 2.75) is 12.8 Å². The summed E-state index contributed by atoms with van der Waals surface area (Å²) in [5.41, 5.74) is 2.07. The van der Waals surface area contributed by atoms with Crippen LogP contribution in [0.5, 0.6) is 5.75 Å². The summed E-state index contributed by atoms with van der Waals surface area (Å²) in [7, 11) is 1.58. The highest BCUT2D eigenvalue weighted by molar-refractivity contribution is 6.08. The van der Waals surface area contributed by atoms with Crippen LogP contribution in [0, 0.1) is 0 Å². The van der Waals surface area contributed by atoms with Gasteiger partial charge < -0.3 is 15.1 Å². The van der Waals surface area contributed by atoms with Gasteiger partial charge in [-0.05, 0) is 54.8 Å². The van der Waals surface area contributed by atoms with Crippen molar-refractivity contribution in [3.05, 3.63) is 77.4 Å². The van der Waals surface area contributed by atoms with Gasteiger partial charge >= 0.3 is 5.97 Å². The van der Waals surface area contributed by atoms with E-state index in [1.807, 2.05) is 12.2 Å². The van der Waals surface area contributed by atoms with Crippen LogP contribution in [0.4, 0.5) is 0 Å². The van der Waals surface area contributed by atoms with Crippen molar-refractivity contribution >= 4 is 11.7 Å². The van der Waals surface area contributed by atoms with Crippen LogP contribution in [0.3, 0.4) is 0 Å². The number of carboxylic acid groups (broad SMARTS) is 1. The number of rotatable bonds is 5. The number of aliphatic carboxylic acids is 1. The van der Waals surface area contributed by atoms with E-state index in [1.165, 1.54) is 0 Å². The molecule has 0 bridgehead atoms. The second kappa shape index (κ2) is 8.53. The first-order chi connectivity index (χ1) is 11.6. The Balaban J connectivity index is 2.25. The number of nitrogens with zero attached hydrogens (tertiary/aromatic N) is 1. The molecule has 24 heavy (non-hydrogen) atoms. The Bertz CT molecular complexity index is 737. The van der Waals surface area contributed by atoms with Gasteiger partial charge in [-0.3, -0.25) is 0 Å². The SMILES string of the molecule is COc1ccc(C(/C=C/C2=C/C(C(=O)O)=C\CC/C=C\2)=N/O)cc1. The normalized spacial score (nSPS) is 21.1. The van der Waals surface area contributed by atoms with Crippen molar-refractivity contribution in [2.24, 2.45) is 5.16 Å². The van der Waals surface area contributed by atoms with Gasteiger partial charge in [0.1, 0.15) is 11.5 Å². The zero-order valence-electron chi connectivity index (χ0n) is 13.3. The summed E-state index contributed by atoms with van der Waals surface area (Å²) in [6, 6.07) is 7.11. The van der Waals surface area contributed by atoms with E-state index >= 15 is 0 Å². The zero-order valence-corrected chi connectivity index (χ0v) is 13.3. The molecule has 0 radical (unpaired) electrons. The molecule has 2 N–H and O–H groups in total. The van der Waals surface area contributed by atoms with E-state index in [0.717, 1.165) is 17.6 Å². The largest absolute Gasteiger partial charge is 0.497 e. The molecule has 5 nitrogen and oxygen atoms in total. The molecule has 2 rings (SSSR count). The average Bonchev–Trinajstić information content (AvgIpc) is 2.57. The lowest BCUT2D eigenvalue weighted by Crippen LogP contribution is -2.00. The standard InChI is InChI=1S/C19H19NO4/c1-24-17-10-8-15(9-11-17)18(20-23)12-7-14-5-3-2-4-6-16(13-14)19(21)22/h3,5-13,23H,2,4H2,1H3,(H,21,22)/b5-3-,12-7+,14-13+,16-6+,20-18+. The molecule has 124 valence electrons. The molecule has 5 heteroatoms. The van der Waals surface area contributed by atoms with Crippen LogP contribution in [-0.2, 0) is 4.79 Å². The predicted molar refractivity (Wildman–Crippen MR) is 92.6 cm³/mol. The fourth-order valence-corrected chi connectivity index (χ4v) is 2.22. The highest BCUT2D eigenvalue weighted by Crippen LogP contribution is 2.15. The third-order valence-corrected chi connectivity index (χ3v) is 3.50. The zero-order chi connectivity index (χ0) is 17.4. The summed E-state index contributed by atoms with van der Waals surface area (Å²) in [6.45, 7) is 0. The van der Waals surface area contributed by atoms with Crippen molar-refractivity contribution in [2.75, 3.05) is 7.11 Å². The lowest BCUT2D eigenvalue weighted by atomic mass is 10.0. The summed E-state index contributed by atoms with van der Waals surface area (Å²) in [5.74, 6) is -0.246. The summed E-state index contributed by atoms with van der Waals surface area (Å²) in [5, 5.41) is 21.7. The van der Waals surface area contributed by atoms with E-state index < -0.39 is 5.97 Å². The minimum Gasteiger partial charge on any atom is -0.497 e. The van der Waals surface area contributed by atoms with Gasteiger partial charge in [-0.1, -0.05) is 29.5 Å². The number of hydrogen-bond donors (Lipinski definition) is 2. The van der Waals surface area contributed by atoms with Crippen LogP contribution in [-0.4, -0.2) is 29.1 Å². The van der Waals surface area contributed by atoms with Gasteiger partial charge in [0.15, 0.2) is 0 Å². The van der Waals surface area contributed by atoms with Gasteiger partial charge in [-0.2, -0.15) is 0 Å². The Kier molecular flexibility index (Phi) is 6.14. The van der Waals surface area contributed by atoms with Gasteiger partial charge in [0.05, 0.1) is 12.7 Å². The monoisotopic (exact) mass is 325 g/mol. The van der Waals surface area contributed by atoms with Crippen molar-refractivity contribution in [1.82, 2.24) is 0 Å². The van der Waals surface area contributed by atoms with Crippen LogP contribution < -0.4 is 4.74 Å². The number of allylic oxidation sites excluding steroid dienone is 6. The Morgan fingerprint density at radius 2 is 2.00 bits per heavy atom. The van der Waals surface area contributed by atoms with Gasteiger partial charge in [-0.25, -0.2) is 4.79 Å². The molecule has 1 aromatic carbocycles. The number of oxime groups is 1. The van der Waals surface area contributed by atoms with Crippen molar-refractivity contribution in [1.29, 1.82) is 0 Å². The molecular weight excluding hydrogens is 306 g/mol. The Hall–Kier alpha value is -3.08. The minimum absolute atomic E-state index is 0.255. The maximum atomic E-state index is 11.2. The molecule has 0 saturated carbocycles. The maximum absolute atomic E-state index is 11.2. The number of carbonyl (C=O) groups is 1. The van der Waals surface area contributed by atoms with Crippen molar-refractivity contribution < 1.29 is 19.8 Å². The van der Waals surface area contributed by atoms with Crippen LogP contribution in [0.2, 0.25) is 0 Å². The molecule has 1 aromatic rings. The topological polar surface area (TPSA) is 79.1 Å². The Morgan fingerprint density at radius 1 is 1.25 bits per heavy atom. The quantitative estimate of drug-likeness (QED) is 0.491. The summed E-state index contributed by atoms with van der Waals surface area (Å²) >= 11 is 0. The van der Waals surface area contributed by atoms with E-state index in [0.29, 0.717) is 17.9 Å². The molecule has 1 aliphatic rings. The molecule has 0 aromatic heterocycles. The second-order valence-electron chi connectivity index (χ2n) is 5.14. The van der Waals surface area contributed by atoms with Gasteiger partial charge in [0, 0.05) is 5.56 Å². The lowest BCUT2D eigenvalue weighted by molar-refractivity contribution is -0.132. The van der Waals surface area contributed by atoms with Crippen molar-refractivity contribution in [3.63, 3.8) is 0 Å². The van der Waals surface area contributed by atoms with Crippen LogP contribution >= 0.6 is 0 Å². The van der Waals surface area contributed by atoms with Gasteiger partial charge in [0.25, 0.3) is 0 Å². The first-order valence-corrected chi connectivity index (χ1v) is 7.50. The molecule has 0 unspecified atom stereocenters. The molecule has 0 amide bonds. The molecular formula is C19H19NO4. The van der Waals surface area contributed by atoms with Gasteiger partial charge in [0.2, 0.25) is 0 Å². The van der Waals surface area contributed by atoms with E-state index in [9.17, 15) is 15.1 Å². The third-order valence-electron chi connectivity index (χ3n) is 3.50. The van der Waals surface area contributed by atoms with E-state index in [4.69, 9.17) is 4.74 Å². The van der Waals surface area contributed by atoms with Crippen LogP contribution in [0.25, 0.3) is 0 Å². The smallest absolute Gasteiger partial charge is 0.335 e. The highest BCUT2D eigenvalue weighted by Gasteiger charge is 2.06. The molecule has 0 fully saturated rings. The predicted octanol–water partition coefficient (Wildman–Crippen LogP) is 3.72. The first-order valence-electron chi connectivity index (χ1n) is 7.50. The fraction of sp³-hybridized carbons (Fsp3) is 0.158. The average molecular weight is 325 g/mol. The molecule has 1 aliphatic carbocycles. The maximum Gasteiger partial charge on any atom is 0.335 e. The van der Waals surface area contributed by atoms with E-state index in [1.54, 1.807) is 55.7 Å². The Morgan fingerprint density at radius 3 is 2.62 bits per heavy atom. The number of methoxy groups -OCH3 is 1. The number of hydrogen-bond acceptors (Lipinski definition) is 4. The molecule has 0 saturated heterocycles. The summed E-state index contributed by atoms with van der Waals surface area (Å²) < 4.78 is 5.10.